The van der Waals surface area contributed by atoms with Gasteiger partial charge in [0.05, 0.1) is 15.6 Å². The molecule has 2 atom stereocenters. The number of nitrogens with zero attached hydrogens (tertiary/aromatic N) is 1. The Kier molecular flexibility index (Phi) is 4.02. The van der Waals surface area contributed by atoms with Gasteiger partial charge in [0, 0.05) is 6.54 Å². The Morgan fingerprint density at radius 1 is 1.37 bits per heavy atom. The molecule has 1 N–H and O–H groups in total. The van der Waals surface area contributed by atoms with Gasteiger partial charge in [-0.05, 0) is 24.5 Å². The van der Waals surface area contributed by atoms with E-state index in [9.17, 15) is 14.7 Å². The standard InChI is InChI=1S/C13H13Cl2NO3/c1-7-5-6-16(11(7)13(18)19)12(17)8-3-2-4-9(14)10(8)15/h2-4,7,11H,5-6H2,1H3,(H,18,19). The molecular formula is C13H13Cl2NO3. The maximum atomic E-state index is 12.4. The lowest BCUT2D eigenvalue weighted by atomic mass is 10.0. The fourth-order valence-electron chi connectivity index (χ4n) is 2.38. The summed E-state index contributed by atoms with van der Waals surface area (Å²) < 4.78 is 0. The number of benzene rings is 1. The number of carboxylic acid groups (broad SMARTS) is 1. The van der Waals surface area contributed by atoms with E-state index in [2.05, 4.69) is 0 Å². The highest BCUT2D eigenvalue weighted by molar-refractivity contribution is 6.43. The first-order valence-electron chi connectivity index (χ1n) is 5.91. The molecule has 1 saturated heterocycles. The van der Waals surface area contributed by atoms with Gasteiger partial charge in [0.25, 0.3) is 5.91 Å². The zero-order valence-electron chi connectivity index (χ0n) is 10.3. The van der Waals surface area contributed by atoms with Crippen molar-refractivity contribution in [3.05, 3.63) is 33.8 Å². The number of rotatable bonds is 2. The van der Waals surface area contributed by atoms with Gasteiger partial charge in [-0.15, -0.1) is 0 Å². The molecule has 1 aromatic rings. The Labute approximate surface area is 120 Å². The Hall–Kier alpha value is -1.26. The second kappa shape index (κ2) is 5.39. The van der Waals surface area contributed by atoms with E-state index in [0.717, 1.165) is 0 Å². The normalized spacial score (nSPS) is 22.6. The van der Waals surface area contributed by atoms with Crippen molar-refractivity contribution in [2.24, 2.45) is 5.92 Å². The maximum absolute atomic E-state index is 12.4. The van der Waals surface area contributed by atoms with Crippen LogP contribution in [-0.2, 0) is 4.79 Å². The van der Waals surface area contributed by atoms with Gasteiger partial charge in [-0.1, -0.05) is 36.2 Å². The predicted molar refractivity (Wildman–Crippen MR) is 72.7 cm³/mol. The molecule has 0 radical (unpaired) electrons. The number of hydrogen-bond donors (Lipinski definition) is 1. The smallest absolute Gasteiger partial charge is 0.326 e. The molecule has 1 aliphatic rings. The van der Waals surface area contributed by atoms with Crippen LogP contribution in [0.15, 0.2) is 18.2 Å². The zero-order valence-corrected chi connectivity index (χ0v) is 11.8. The van der Waals surface area contributed by atoms with E-state index < -0.39 is 12.0 Å². The van der Waals surface area contributed by atoms with Gasteiger partial charge in [0.1, 0.15) is 6.04 Å². The van der Waals surface area contributed by atoms with Crippen LogP contribution in [0, 0.1) is 5.92 Å². The summed E-state index contributed by atoms with van der Waals surface area (Å²) in [6.45, 7) is 2.24. The van der Waals surface area contributed by atoms with E-state index >= 15 is 0 Å². The molecule has 19 heavy (non-hydrogen) atoms. The van der Waals surface area contributed by atoms with E-state index in [1.165, 1.54) is 4.90 Å². The summed E-state index contributed by atoms with van der Waals surface area (Å²) in [5.41, 5.74) is 0.245. The van der Waals surface area contributed by atoms with Gasteiger partial charge in [-0.3, -0.25) is 4.79 Å². The average molecular weight is 302 g/mol. The van der Waals surface area contributed by atoms with E-state index in [0.29, 0.717) is 13.0 Å². The fraction of sp³-hybridized carbons (Fsp3) is 0.385. The quantitative estimate of drug-likeness (QED) is 0.914. The van der Waals surface area contributed by atoms with Crippen molar-refractivity contribution >= 4 is 35.1 Å². The van der Waals surface area contributed by atoms with Crippen molar-refractivity contribution in [2.45, 2.75) is 19.4 Å². The van der Waals surface area contributed by atoms with Crippen LogP contribution in [0.1, 0.15) is 23.7 Å². The number of hydrogen-bond acceptors (Lipinski definition) is 2. The summed E-state index contributed by atoms with van der Waals surface area (Å²) in [5.74, 6) is -1.44. The summed E-state index contributed by atoms with van der Waals surface area (Å²) in [7, 11) is 0. The number of carbonyl (C=O) groups is 2. The van der Waals surface area contributed by atoms with Crippen LogP contribution >= 0.6 is 23.2 Å². The third kappa shape index (κ3) is 2.55. The first-order chi connectivity index (χ1) is 8.93. The van der Waals surface area contributed by atoms with Gasteiger partial charge in [0.15, 0.2) is 0 Å². The molecule has 1 fully saturated rings. The van der Waals surface area contributed by atoms with E-state index in [1.807, 2.05) is 6.92 Å². The second-order valence-electron chi connectivity index (χ2n) is 4.65. The second-order valence-corrected chi connectivity index (χ2v) is 5.43. The lowest BCUT2D eigenvalue weighted by Gasteiger charge is -2.23. The molecule has 1 aliphatic heterocycles. The highest BCUT2D eigenvalue weighted by atomic mass is 35.5. The van der Waals surface area contributed by atoms with Crippen molar-refractivity contribution in [1.82, 2.24) is 4.90 Å². The van der Waals surface area contributed by atoms with Gasteiger partial charge in [-0.25, -0.2) is 4.79 Å². The molecule has 1 aromatic carbocycles. The molecule has 0 bridgehead atoms. The van der Waals surface area contributed by atoms with Gasteiger partial charge in [0.2, 0.25) is 0 Å². The van der Waals surface area contributed by atoms with Crippen molar-refractivity contribution < 1.29 is 14.7 Å². The summed E-state index contributed by atoms with van der Waals surface area (Å²) >= 11 is 11.9. The molecule has 2 unspecified atom stereocenters. The van der Waals surface area contributed by atoms with Crippen molar-refractivity contribution in [2.75, 3.05) is 6.54 Å². The van der Waals surface area contributed by atoms with Crippen molar-refractivity contribution in [1.29, 1.82) is 0 Å². The largest absolute Gasteiger partial charge is 0.480 e. The van der Waals surface area contributed by atoms with Crippen LogP contribution in [0.5, 0.6) is 0 Å². The molecule has 0 spiro atoms. The average Bonchev–Trinajstić information content (AvgIpc) is 2.74. The lowest BCUT2D eigenvalue weighted by Crippen LogP contribution is -2.42. The molecule has 102 valence electrons. The van der Waals surface area contributed by atoms with E-state index in [4.69, 9.17) is 23.2 Å². The van der Waals surface area contributed by atoms with Crippen LogP contribution < -0.4 is 0 Å². The fourth-order valence-corrected chi connectivity index (χ4v) is 2.76. The van der Waals surface area contributed by atoms with Crippen LogP contribution in [0.4, 0.5) is 0 Å². The molecule has 1 amide bonds. The minimum Gasteiger partial charge on any atom is -0.480 e. The first-order valence-corrected chi connectivity index (χ1v) is 6.67. The number of likely N-dealkylation sites (tertiary alicyclic amines) is 1. The van der Waals surface area contributed by atoms with Gasteiger partial charge in [-0.2, -0.15) is 0 Å². The SMILES string of the molecule is CC1CCN(C(=O)c2cccc(Cl)c2Cl)C1C(=O)O. The van der Waals surface area contributed by atoms with E-state index in [1.54, 1.807) is 18.2 Å². The molecular weight excluding hydrogens is 289 g/mol. The van der Waals surface area contributed by atoms with E-state index in [-0.39, 0.29) is 27.4 Å². The Bertz CT molecular complexity index is 533. The maximum Gasteiger partial charge on any atom is 0.326 e. The molecule has 4 nitrogen and oxygen atoms in total. The van der Waals surface area contributed by atoms with Gasteiger partial charge >= 0.3 is 5.97 Å². The molecule has 1 heterocycles. The number of carbonyl (C=O) groups excluding carboxylic acids is 1. The van der Waals surface area contributed by atoms with Crippen LogP contribution in [0.25, 0.3) is 0 Å². The van der Waals surface area contributed by atoms with Crippen LogP contribution in [-0.4, -0.2) is 34.5 Å². The third-order valence-electron chi connectivity index (χ3n) is 3.40. The highest BCUT2D eigenvalue weighted by Crippen LogP contribution is 2.30. The summed E-state index contributed by atoms with van der Waals surface area (Å²) in [6.07, 6.45) is 0.668. The summed E-state index contributed by atoms with van der Waals surface area (Å²) in [6, 6.07) is 3.96. The minimum absolute atomic E-state index is 0.0700. The number of carboxylic acids is 1. The van der Waals surface area contributed by atoms with Crippen molar-refractivity contribution in [3.8, 4) is 0 Å². The predicted octanol–water partition coefficient (Wildman–Crippen LogP) is 2.93. The molecule has 2 rings (SSSR count). The molecule has 0 saturated carbocycles. The Balaban J connectivity index is 2.34. The summed E-state index contributed by atoms with van der Waals surface area (Å²) in [4.78, 5) is 25.0. The third-order valence-corrected chi connectivity index (χ3v) is 4.21. The molecule has 0 aromatic heterocycles. The summed E-state index contributed by atoms with van der Waals surface area (Å²) in [5, 5.41) is 9.67. The Morgan fingerprint density at radius 2 is 2.05 bits per heavy atom. The Morgan fingerprint density at radius 3 is 2.68 bits per heavy atom. The highest BCUT2D eigenvalue weighted by Gasteiger charge is 2.40. The number of amides is 1. The van der Waals surface area contributed by atoms with Gasteiger partial charge < -0.3 is 10.0 Å². The first kappa shape index (κ1) is 14.2. The zero-order chi connectivity index (χ0) is 14.2. The topological polar surface area (TPSA) is 57.6 Å². The number of halogens is 2. The molecule has 6 heteroatoms. The molecule has 0 aliphatic carbocycles. The van der Waals surface area contributed by atoms with Crippen LogP contribution in [0.3, 0.4) is 0 Å². The monoisotopic (exact) mass is 301 g/mol. The minimum atomic E-state index is -0.989. The van der Waals surface area contributed by atoms with Crippen LogP contribution in [0.2, 0.25) is 10.0 Å². The lowest BCUT2D eigenvalue weighted by molar-refractivity contribution is -0.142. The number of aliphatic carboxylic acids is 1. The van der Waals surface area contributed by atoms with Crippen molar-refractivity contribution in [3.63, 3.8) is 0 Å².